The largest absolute Gasteiger partial charge is 0.416 e. The summed E-state index contributed by atoms with van der Waals surface area (Å²) in [5.41, 5.74) is -0.289. The maximum Gasteiger partial charge on any atom is 0.416 e. The predicted octanol–water partition coefficient (Wildman–Crippen LogP) is 4.07. The molecule has 0 unspecified atom stereocenters. The van der Waals surface area contributed by atoms with Gasteiger partial charge < -0.3 is 5.32 Å². The fourth-order valence-electron chi connectivity index (χ4n) is 2.11. The number of hydrogen-bond acceptors (Lipinski definition) is 5. The van der Waals surface area contributed by atoms with Crippen LogP contribution in [0.3, 0.4) is 0 Å². The van der Waals surface area contributed by atoms with E-state index in [0.29, 0.717) is 10.8 Å². The third kappa shape index (κ3) is 4.77. The molecule has 0 spiro atoms. The van der Waals surface area contributed by atoms with E-state index >= 15 is 0 Å². The van der Waals surface area contributed by atoms with Crippen molar-refractivity contribution in [1.82, 2.24) is 19.7 Å². The average molecular weight is 414 g/mol. The van der Waals surface area contributed by atoms with Crippen molar-refractivity contribution in [2.45, 2.75) is 11.3 Å². The van der Waals surface area contributed by atoms with Crippen LogP contribution >= 0.6 is 23.4 Å². The molecule has 0 saturated heterocycles. The second-order valence-corrected chi connectivity index (χ2v) is 6.57. The second-order valence-electron chi connectivity index (χ2n) is 5.22. The highest BCUT2D eigenvalue weighted by molar-refractivity contribution is 7.99. The molecule has 0 radical (unpaired) electrons. The number of rotatable bonds is 5. The molecule has 2 heterocycles. The monoisotopic (exact) mass is 413 g/mol. The van der Waals surface area contributed by atoms with Gasteiger partial charge in [-0.3, -0.25) is 14.3 Å². The van der Waals surface area contributed by atoms with Crippen molar-refractivity contribution < 1.29 is 18.0 Å². The van der Waals surface area contributed by atoms with E-state index in [-0.39, 0.29) is 16.5 Å². The molecule has 3 aromatic rings. The third-order valence-corrected chi connectivity index (χ3v) is 4.61. The Morgan fingerprint density at radius 3 is 2.81 bits per heavy atom. The number of amides is 1. The first-order chi connectivity index (χ1) is 12.8. The van der Waals surface area contributed by atoms with E-state index < -0.39 is 17.6 Å². The standard InChI is InChI=1S/C16H11ClF3N5OS/c17-12-4-3-10(16(18,19)20)6-13(12)23-14(26)8-27-15-24-22-9-25(15)11-2-1-5-21-7-11/h1-7,9H,8H2,(H,23,26). The number of pyridine rings is 1. The van der Waals surface area contributed by atoms with E-state index in [1.807, 2.05) is 0 Å². The molecule has 0 saturated carbocycles. The van der Waals surface area contributed by atoms with E-state index in [4.69, 9.17) is 11.6 Å². The summed E-state index contributed by atoms with van der Waals surface area (Å²) in [4.78, 5) is 16.1. The lowest BCUT2D eigenvalue weighted by Gasteiger charge is -2.11. The van der Waals surface area contributed by atoms with Crippen molar-refractivity contribution in [2.75, 3.05) is 11.1 Å². The fourth-order valence-corrected chi connectivity index (χ4v) is 3.00. The minimum absolute atomic E-state index is 0.0138. The van der Waals surface area contributed by atoms with Crippen molar-refractivity contribution in [2.24, 2.45) is 0 Å². The lowest BCUT2D eigenvalue weighted by atomic mass is 10.2. The van der Waals surface area contributed by atoms with Crippen LogP contribution in [-0.4, -0.2) is 31.4 Å². The Balaban J connectivity index is 1.67. The van der Waals surface area contributed by atoms with Gasteiger partial charge in [-0.1, -0.05) is 23.4 Å². The van der Waals surface area contributed by atoms with Crippen LogP contribution in [0.4, 0.5) is 18.9 Å². The summed E-state index contributed by atoms with van der Waals surface area (Å²) in [6.07, 6.45) is 0.169. The molecule has 6 nitrogen and oxygen atoms in total. The molecule has 1 aromatic carbocycles. The number of halogens is 4. The number of carbonyl (C=O) groups excluding carboxylic acids is 1. The average Bonchev–Trinajstić information content (AvgIpc) is 3.10. The highest BCUT2D eigenvalue weighted by Gasteiger charge is 2.31. The molecule has 3 rings (SSSR count). The molecule has 0 aliphatic rings. The van der Waals surface area contributed by atoms with E-state index in [9.17, 15) is 18.0 Å². The van der Waals surface area contributed by atoms with Crippen LogP contribution in [-0.2, 0) is 11.0 Å². The summed E-state index contributed by atoms with van der Waals surface area (Å²) in [7, 11) is 0. The van der Waals surface area contributed by atoms with Crippen LogP contribution in [0.5, 0.6) is 0 Å². The normalized spacial score (nSPS) is 11.4. The number of alkyl halides is 3. The summed E-state index contributed by atoms with van der Waals surface area (Å²) < 4.78 is 40.0. The Labute approximate surface area is 160 Å². The van der Waals surface area contributed by atoms with Gasteiger partial charge in [-0.05, 0) is 30.3 Å². The quantitative estimate of drug-likeness (QED) is 0.638. The molecule has 0 aliphatic heterocycles. The highest BCUT2D eigenvalue weighted by atomic mass is 35.5. The Bertz CT molecular complexity index is 949. The molecule has 140 valence electrons. The number of anilines is 1. The van der Waals surface area contributed by atoms with Crippen molar-refractivity contribution in [3.63, 3.8) is 0 Å². The Kier molecular flexibility index (Phi) is 5.66. The predicted molar refractivity (Wildman–Crippen MR) is 95.0 cm³/mol. The number of aromatic nitrogens is 4. The van der Waals surface area contributed by atoms with Crippen LogP contribution < -0.4 is 5.32 Å². The van der Waals surface area contributed by atoms with Crippen molar-refractivity contribution in [3.8, 4) is 5.69 Å². The molecule has 0 bridgehead atoms. The molecule has 0 aliphatic carbocycles. The molecule has 0 atom stereocenters. The Morgan fingerprint density at radius 2 is 2.11 bits per heavy atom. The molecular weight excluding hydrogens is 403 g/mol. The van der Waals surface area contributed by atoms with E-state index in [1.165, 1.54) is 6.33 Å². The van der Waals surface area contributed by atoms with Crippen LogP contribution in [0.2, 0.25) is 5.02 Å². The molecule has 0 fully saturated rings. The maximum absolute atomic E-state index is 12.8. The summed E-state index contributed by atoms with van der Waals surface area (Å²) >= 11 is 6.95. The van der Waals surface area contributed by atoms with Crippen LogP contribution in [0.15, 0.2) is 54.2 Å². The number of nitrogens with one attached hydrogen (secondary N) is 1. The Morgan fingerprint density at radius 1 is 1.30 bits per heavy atom. The number of hydrogen-bond donors (Lipinski definition) is 1. The van der Waals surface area contributed by atoms with Crippen LogP contribution in [0, 0.1) is 0 Å². The summed E-state index contributed by atoms with van der Waals surface area (Å²) in [6.45, 7) is 0. The zero-order chi connectivity index (χ0) is 19.4. The zero-order valence-electron chi connectivity index (χ0n) is 13.4. The molecule has 11 heteroatoms. The number of carbonyl (C=O) groups is 1. The first kappa shape index (κ1) is 19.2. The summed E-state index contributed by atoms with van der Waals surface area (Å²) in [5.74, 6) is -0.618. The first-order valence-electron chi connectivity index (χ1n) is 7.44. The van der Waals surface area contributed by atoms with E-state index in [1.54, 1.807) is 29.1 Å². The summed E-state index contributed by atoms with van der Waals surface area (Å²) in [5, 5.41) is 10.6. The van der Waals surface area contributed by atoms with Gasteiger partial charge in [-0.15, -0.1) is 10.2 Å². The highest BCUT2D eigenvalue weighted by Crippen LogP contribution is 2.34. The fraction of sp³-hybridized carbons (Fsp3) is 0.125. The third-order valence-electron chi connectivity index (χ3n) is 3.34. The molecule has 1 N–H and O–H groups in total. The van der Waals surface area contributed by atoms with Crippen LogP contribution in [0.1, 0.15) is 5.56 Å². The summed E-state index contributed by atoms with van der Waals surface area (Å²) in [6, 6.07) is 6.27. The molecular formula is C16H11ClF3N5OS. The van der Waals surface area contributed by atoms with Crippen molar-refractivity contribution in [3.05, 3.63) is 59.6 Å². The second kappa shape index (κ2) is 7.97. The zero-order valence-corrected chi connectivity index (χ0v) is 15.0. The number of nitrogens with zero attached hydrogens (tertiary/aromatic N) is 4. The lowest BCUT2D eigenvalue weighted by Crippen LogP contribution is -2.16. The van der Waals surface area contributed by atoms with Gasteiger partial charge in [0.25, 0.3) is 0 Å². The lowest BCUT2D eigenvalue weighted by molar-refractivity contribution is -0.137. The van der Waals surface area contributed by atoms with Crippen molar-refractivity contribution >= 4 is 35.0 Å². The first-order valence-corrected chi connectivity index (χ1v) is 8.81. The number of benzene rings is 1. The smallest absolute Gasteiger partial charge is 0.324 e. The Hall–Kier alpha value is -2.59. The van der Waals surface area contributed by atoms with Crippen LogP contribution in [0.25, 0.3) is 5.69 Å². The van der Waals surface area contributed by atoms with Gasteiger partial charge in [0.2, 0.25) is 5.91 Å². The van der Waals surface area contributed by atoms with Crippen molar-refractivity contribution in [1.29, 1.82) is 0 Å². The van der Waals surface area contributed by atoms with Gasteiger partial charge in [0.05, 0.1) is 33.9 Å². The SMILES string of the molecule is O=C(CSc1nncn1-c1cccnc1)Nc1cc(C(F)(F)F)ccc1Cl. The molecule has 2 aromatic heterocycles. The van der Waals surface area contributed by atoms with E-state index in [0.717, 1.165) is 30.0 Å². The number of thioether (sulfide) groups is 1. The van der Waals surface area contributed by atoms with Gasteiger partial charge in [-0.25, -0.2) is 0 Å². The molecule has 27 heavy (non-hydrogen) atoms. The van der Waals surface area contributed by atoms with Gasteiger partial charge in [0, 0.05) is 6.20 Å². The van der Waals surface area contributed by atoms with Gasteiger partial charge in [0.1, 0.15) is 6.33 Å². The maximum atomic E-state index is 12.8. The minimum Gasteiger partial charge on any atom is -0.324 e. The topological polar surface area (TPSA) is 72.7 Å². The van der Waals surface area contributed by atoms with Gasteiger partial charge in [0.15, 0.2) is 5.16 Å². The van der Waals surface area contributed by atoms with E-state index in [2.05, 4.69) is 20.5 Å². The molecule has 1 amide bonds. The minimum atomic E-state index is -4.53. The van der Waals surface area contributed by atoms with Gasteiger partial charge in [-0.2, -0.15) is 13.2 Å². The van der Waals surface area contributed by atoms with Gasteiger partial charge >= 0.3 is 6.18 Å².